The van der Waals surface area contributed by atoms with E-state index in [-0.39, 0.29) is 11.8 Å². The van der Waals surface area contributed by atoms with Crippen LogP contribution in [-0.4, -0.2) is 46.1 Å². The Balaban J connectivity index is 1.38. The third-order valence-electron chi connectivity index (χ3n) is 4.47. The quantitative estimate of drug-likeness (QED) is 0.702. The molecule has 1 fully saturated rings. The van der Waals surface area contributed by atoms with E-state index >= 15 is 0 Å². The van der Waals surface area contributed by atoms with Gasteiger partial charge in [0.25, 0.3) is 5.91 Å². The SMILES string of the molecule is COc1ccccc1Cc1noc(C2CN(C(=O)c3ccncc3)C2)n1. The largest absolute Gasteiger partial charge is 0.496 e. The first-order chi connectivity index (χ1) is 12.7. The Kier molecular flexibility index (Phi) is 4.35. The molecule has 1 aliphatic heterocycles. The molecule has 1 aliphatic rings. The summed E-state index contributed by atoms with van der Waals surface area (Å²) in [6.45, 7) is 1.16. The van der Waals surface area contributed by atoms with E-state index in [1.165, 1.54) is 0 Å². The van der Waals surface area contributed by atoms with Crippen molar-refractivity contribution in [1.29, 1.82) is 0 Å². The molecule has 1 amide bonds. The van der Waals surface area contributed by atoms with E-state index in [0.29, 0.717) is 36.8 Å². The van der Waals surface area contributed by atoms with Crippen molar-refractivity contribution in [1.82, 2.24) is 20.0 Å². The Bertz CT molecular complexity index is 904. The minimum atomic E-state index is -0.00240. The second-order valence-corrected chi connectivity index (χ2v) is 6.18. The number of hydrogen-bond donors (Lipinski definition) is 0. The average molecular weight is 350 g/mol. The van der Waals surface area contributed by atoms with Gasteiger partial charge in [0.15, 0.2) is 5.82 Å². The van der Waals surface area contributed by atoms with Crippen molar-refractivity contribution >= 4 is 5.91 Å². The summed E-state index contributed by atoms with van der Waals surface area (Å²) in [7, 11) is 1.64. The number of pyridine rings is 1. The Morgan fingerprint density at radius 3 is 2.77 bits per heavy atom. The van der Waals surface area contributed by atoms with E-state index in [4.69, 9.17) is 9.26 Å². The number of ether oxygens (including phenoxy) is 1. The van der Waals surface area contributed by atoms with Gasteiger partial charge in [0, 0.05) is 43.0 Å². The fourth-order valence-electron chi connectivity index (χ4n) is 3.00. The lowest BCUT2D eigenvalue weighted by Crippen LogP contribution is -2.48. The maximum absolute atomic E-state index is 12.3. The number of nitrogens with zero attached hydrogens (tertiary/aromatic N) is 4. The molecule has 3 heterocycles. The topological polar surface area (TPSA) is 81.4 Å². The number of para-hydroxylation sites is 1. The molecule has 0 bridgehead atoms. The zero-order chi connectivity index (χ0) is 17.9. The van der Waals surface area contributed by atoms with Crippen LogP contribution in [0.15, 0.2) is 53.3 Å². The highest BCUT2D eigenvalue weighted by Crippen LogP contribution is 2.28. The van der Waals surface area contributed by atoms with Gasteiger partial charge in [-0.05, 0) is 18.2 Å². The molecule has 0 radical (unpaired) electrons. The molecule has 2 aromatic heterocycles. The summed E-state index contributed by atoms with van der Waals surface area (Å²) >= 11 is 0. The van der Waals surface area contributed by atoms with Gasteiger partial charge in [-0.3, -0.25) is 9.78 Å². The minimum Gasteiger partial charge on any atom is -0.496 e. The van der Waals surface area contributed by atoms with Crippen molar-refractivity contribution in [2.24, 2.45) is 0 Å². The predicted octanol–water partition coefficient (Wildman–Crippen LogP) is 2.30. The molecule has 26 heavy (non-hydrogen) atoms. The van der Waals surface area contributed by atoms with Gasteiger partial charge in [0.1, 0.15) is 5.75 Å². The minimum absolute atomic E-state index is 0.00240. The number of hydrogen-bond acceptors (Lipinski definition) is 6. The summed E-state index contributed by atoms with van der Waals surface area (Å²) in [5, 5.41) is 4.06. The number of rotatable bonds is 5. The van der Waals surface area contributed by atoms with Crippen LogP contribution in [0.4, 0.5) is 0 Å². The average Bonchev–Trinajstić information content (AvgIpc) is 3.09. The van der Waals surface area contributed by atoms with Gasteiger partial charge in [-0.1, -0.05) is 23.4 Å². The smallest absolute Gasteiger partial charge is 0.254 e. The lowest BCUT2D eigenvalue weighted by atomic mass is 9.99. The molecule has 1 saturated heterocycles. The van der Waals surface area contributed by atoms with E-state index in [1.807, 2.05) is 24.3 Å². The molecule has 7 heteroatoms. The molecule has 3 aromatic rings. The molecule has 0 spiro atoms. The van der Waals surface area contributed by atoms with Crippen LogP contribution in [0, 0.1) is 0 Å². The van der Waals surface area contributed by atoms with Crippen molar-refractivity contribution in [3.8, 4) is 5.75 Å². The maximum Gasteiger partial charge on any atom is 0.254 e. The van der Waals surface area contributed by atoms with Crippen molar-refractivity contribution < 1.29 is 14.1 Å². The highest BCUT2D eigenvalue weighted by molar-refractivity contribution is 5.94. The van der Waals surface area contributed by atoms with Crippen molar-refractivity contribution in [3.05, 3.63) is 71.6 Å². The molecule has 0 aliphatic carbocycles. The lowest BCUT2D eigenvalue weighted by molar-refractivity contribution is 0.0569. The van der Waals surface area contributed by atoms with E-state index in [2.05, 4.69) is 15.1 Å². The number of benzene rings is 1. The number of carbonyl (C=O) groups is 1. The molecule has 0 unspecified atom stereocenters. The highest BCUT2D eigenvalue weighted by atomic mass is 16.5. The second kappa shape index (κ2) is 6.95. The molecule has 0 saturated carbocycles. The van der Waals surface area contributed by atoms with Crippen LogP contribution < -0.4 is 4.74 Å². The van der Waals surface area contributed by atoms with Gasteiger partial charge in [-0.15, -0.1) is 0 Å². The molecule has 0 atom stereocenters. The zero-order valence-electron chi connectivity index (χ0n) is 14.3. The van der Waals surface area contributed by atoms with Crippen LogP contribution >= 0.6 is 0 Å². The van der Waals surface area contributed by atoms with Crippen LogP contribution in [0.1, 0.15) is 33.6 Å². The van der Waals surface area contributed by atoms with E-state index in [0.717, 1.165) is 11.3 Å². The van der Waals surface area contributed by atoms with Gasteiger partial charge in [-0.25, -0.2) is 0 Å². The van der Waals surface area contributed by atoms with Crippen LogP contribution in [0.25, 0.3) is 0 Å². The van der Waals surface area contributed by atoms with Gasteiger partial charge < -0.3 is 14.2 Å². The van der Waals surface area contributed by atoms with E-state index in [9.17, 15) is 4.79 Å². The first-order valence-electron chi connectivity index (χ1n) is 8.38. The van der Waals surface area contributed by atoms with Gasteiger partial charge in [0.2, 0.25) is 5.89 Å². The summed E-state index contributed by atoms with van der Waals surface area (Å²) in [4.78, 5) is 22.5. The lowest BCUT2D eigenvalue weighted by Gasteiger charge is -2.37. The third kappa shape index (κ3) is 3.15. The summed E-state index contributed by atoms with van der Waals surface area (Å²) in [6, 6.07) is 11.2. The summed E-state index contributed by atoms with van der Waals surface area (Å²) in [6.07, 6.45) is 3.78. The molecular weight excluding hydrogens is 332 g/mol. The van der Waals surface area contributed by atoms with E-state index < -0.39 is 0 Å². The fourth-order valence-corrected chi connectivity index (χ4v) is 3.00. The maximum atomic E-state index is 12.3. The number of carbonyl (C=O) groups excluding carboxylic acids is 1. The Labute approximate surface area is 150 Å². The van der Waals surface area contributed by atoms with Gasteiger partial charge >= 0.3 is 0 Å². The molecule has 1 aromatic carbocycles. The summed E-state index contributed by atoms with van der Waals surface area (Å²) in [5.41, 5.74) is 1.64. The molecule has 0 N–H and O–H groups in total. The van der Waals surface area contributed by atoms with Crippen LogP contribution in [0.3, 0.4) is 0 Å². The normalized spacial score (nSPS) is 14.1. The highest BCUT2D eigenvalue weighted by Gasteiger charge is 2.36. The predicted molar refractivity (Wildman–Crippen MR) is 93.0 cm³/mol. The molecular formula is C19H18N4O3. The van der Waals surface area contributed by atoms with Crippen LogP contribution in [0.5, 0.6) is 5.75 Å². The van der Waals surface area contributed by atoms with Crippen molar-refractivity contribution in [2.45, 2.75) is 12.3 Å². The number of likely N-dealkylation sites (tertiary alicyclic amines) is 1. The fraction of sp³-hybridized carbons (Fsp3) is 0.263. The van der Waals surface area contributed by atoms with Crippen LogP contribution in [-0.2, 0) is 6.42 Å². The van der Waals surface area contributed by atoms with Gasteiger partial charge in [0.05, 0.1) is 13.0 Å². The zero-order valence-corrected chi connectivity index (χ0v) is 14.3. The third-order valence-corrected chi connectivity index (χ3v) is 4.47. The Hall–Kier alpha value is -3.22. The molecule has 4 rings (SSSR count). The first kappa shape index (κ1) is 16.3. The Morgan fingerprint density at radius 2 is 2.00 bits per heavy atom. The summed E-state index contributed by atoms with van der Waals surface area (Å²) in [5.74, 6) is 2.07. The van der Waals surface area contributed by atoms with Gasteiger partial charge in [-0.2, -0.15) is 4.98 Å². The monoisotopic (exact) mass is 350 g/mol. The standard InChI is InChI=1S/C19H18N4O3/c1-25-16-5-3-2-4-14(16)10-17-21-18(26-22-17)15-11-23(12-15)19(24)13-6-8-20-9-7-13/h2-9,15H,10-12H2,1H3. The number of aromatic nitrogens is 3. The number of amides is 1. The molecule has 132 valence electrons. The van der Waals surface area contributed by atoms with Crippen LogP contribution in [0.2, 0.25) is 0 Å². The van der Waals surface area contributed by atoms with Crippen molar-refractivity contribution in [2.75, 3.05) is 20.2 Å². The summed E-state index contributed by atoms with van der Waals surface area (Å²) < 4.78 is 10.8. The molecule has 7 nitrogen and oxygen atoms in total. The van der Waals surface area contributed by atoms with Crippen molar-refractivity contribution in [3.63, 3.8) is 0 Å². The van der Waals surface area contributed by atoms with E-state index in [1.54, 1.807) is 36.5 Å². The second-order valence-electron chi connectivity index (χ2n) is 6.18. The Morgan fingerprint density at radius 1 is 1.23 bits per heavy atom. The number of methoxy groups -OCH3 is 1. The first-order valence-corrected chi connectivity index (χ1v) is 8.38.